The first-order chi connectivity index (χ1) is 8.24. The monoisotopic (exact) mass is 295 g/mol. The van der Waals surface area contributed by atoms with Gasteiger partial charge < -0.3 is 15.3 Å². The van der Waals surface area contributed by atoms with Crippen LogP contribution in [0.4, 0.5) is 0 Å². The van der Waals surface area contributed by atoms with E-state index in [0.29, 0.717) is 11.2 Å². The van der Waals surface area contributed by atoms with Gasteiger partial charge in [0.1, 0.15) is 0 Å². The van der Waals surface area contributed by atoms with Crippen LogP contribution in [-0.4, -0.2) is 11.7 Å². The lowest BCUT2D eigenvalue weighted by Crippen LogP contribution is -2.20. The summed E-state index contributed by atoms with van der Waals surface area (Å²) in [5.74, 6) is -0.134. The predicted molar refractivity (Wildman–Crippen MR) is 69.6 cm³/mol. The van der Waals surface area contributed by atoms with Gasteiger partial charge in [-0.3, -0.25) is 0 Å². The zero-order chi connectivity index (χ0) is 12.3. The number of rotatable bonds is 4. The summed E-state index contributed by atoms with van der Waals surface area (Å²) in [5, 5.41) is 10.3. The Morgan fingerprint density at radius 2 is 1.94 bits per heavy atom. The summed E-state index contributed by atoms with van der Waals surface area (Å²) in [5.41, 5.74) is 7.51. The molecule has 3 N–H and O–H groups in total. The van der Waals surface area contributed by atoms with Crippen LogP contribution in [-0.2, 0) is 0 Å². The number of hydrogen-bond donors (Lipinski definition) is 2. The van der Waals surface area contributed by atoms with E-state index < -0.39 is 6.10 Å². The quantitative estimate of drug-likeness (QED) is 0.912. The Balaban J connectivity index is 2.28. The van der Waals surface area contributed by atoms with Crippen molar-refractivity contribution in [1.82, 2.24) is 0 Å². The van der Waals surface area contributed by atoms with Crippen LogP contribution < -0.4 is 5.73 Å². The molecule has 2 aromatic rings. The Labute approximate surface area is 108 Å². The van der Waals surface area contributed by atoms with Crippen molar-refractivity contribution in [2.24, 2.45) is 5.73 Å². The van der Waals surface area contributed by atoms with Gasteiger partial charge in [-0.2, -0.15) is 0 Å². The molecule has 0 spiro atoms. The highest BCUT2D eigenvalue weighted by atomic mass is 79.9. The number of aliphatic hydroxyl groups excluding tert-OH is 1. The van der Waals surface area contributed by atoms with Crippen molar-refractivity contribution >= 4 is 15.9 Å². The second-order valence-electron chi connectivity index (χ2n) is 3.85. The van der Waals surface area contributed by atoms with Crippen molar-refractivity contribution in [1.29, 1.82) is 0 Å². The van der Waals surface area contributed by atoms with Gasteiger partial charge in [-0.15, -0.1) is 0 Å². The third kappa shape index (κ3) is 2.60. The van der Waals surface area contributed by atoms with E-state index in [4.69, 9.17) is 10.2 Å². The Morgan fingerprint density at radius 1 is 1.24 bits per heavy atom. The fourth-order valence-electron chi connectivity index (χ4n) is 1.88. The molecule has 3 nitrogen and oxygen atoms in total. The minimum atomic E-state index is -0.671. The number of nitrogens with two attached hydrogens (primary N) is 1. The third-order valence-electron chi connectivity index (χ3n) is 2.83. The summed E-state index contributed by atoms with van der Waals surface area (Å²) >= 11 is 3.27. The predicted octanol–water partition coefficient (Wildman–Crippen LogP) is 2.82. The maximum Gasteiger partial charge on any atom is 0.174 e. The average Bonchev–Trinajstić information content (AvgIpc) is 2.77. The molecule has 0 aliphatic carbocycles. The van der Waals surface area contributed by atoms with Gasteiger partial charge >= 0.3 is 0 Å². The average molecular weight is 296 g/mol. The Kier molecular flexibility index (Phi) is 3.99. The fraction of sp³-hybridized carbons (Fsp3) is 0.231. The van der Waals surface area contributed by atoms with E-state index in [9.17, 15) is 5.11 Å². The molecule has 4 heteroatoms. The molecule has 0 saturated carbocycles. The van der Waals surface area contributed by atoms with Crippen molar-refractivity contribution in [3.63, 3.8) is 0 Å². The van der Waals surface area contributed by atoms with E-state index in [1.165, 1.54) is 0 Å². The standard InChI is InChI=1S/C13H14BrNO2/c14-13-10(6-7-17-13)12(16)11(8-15)9-4-2-1-3-5-9/h1-7,11-12,16H,8,15H2. The number of furan rings is 1. The second kappa shape index (κ2) is 5.49. The molecule has 17 heavy (non-hydrogen) atoms. The summed E-state index contributed by atoms with van der Waals surface area (Å²) in [6.45, 7) is 0.378. The lowest BCUT2D eigenvalue weighted by atomic mass is 9.90. The van der Waals surface area contributed by atoms with E-state index in [-0.39, 0.29) is 5.92 Å². The molecule has 0 saturated heterocycles. The van der Waals surface area contributed by atoms with Crippen LogP contribution in [0.3, 0.4) is 0 Å². The molecule has 2 unspecified atom stereocenters. The van der Waals surface area contributed by atoms with E-state index in [2.05, 4.69) is 15.9 Å². The topological polar surface area (TPSA) is 59.4 Å². The van der Waals surface area contributed by atoms with Crippen molar-refractivity contribution in [2.75, 3.05) is 6.54 Å². The van der Waals surface area contributed by atoms with Crippen molar-refractivity contribution < 1.29 is 9.52 Å². The molecule has 1 heterocycles. The third-order valence-corrected chi connectivity index (χ3v) is 3.47. The Hall–Kier alpha value is -1.10. The summed E-state index contributed by atoms with van der Waals surface area (Å²) in [7, 11) is 0. The molecule has 2 atom stereocenters. The number of halogens is 1. The van der Waals surface area contributed by atoms with Gasteiger partial charge in [0.25, 0.3) is 0 Å². The van der Waals surface area contributed by atoms with Gasteiger partial charge in [0, 0.05) is 18.0 Å². The second-order valence-corrected chi connectivity index (χ2v) is 4.57. The van der Waals surface area contributed by atoms with Crippen molar-refractivity contribution in [3.05, 3.63) is 58.5 Å². The highest BCUT2D eigenvalue weighted by Crippen LogP contribution is 2.34. The van der Waals surface area contributed by atoms with Crippen molar-refractivity contribution in [3.8, 4) is 0 Å². The SMILES string of the molecule is NCC(c1ccccc1)C(O)c1ccoc1Br. The highest BCUT2D eigenvalue weighted by Gasteiger charge is 2.24. The van der Waals surface area contributed by atoms with E-state index >= 15 is 0 Å². The van der Waals surface area contributed by atoms with Gasteiger partial charge in [-0.05, 0) is 27.6 Å². The van der Waals surface area contributed by atoms with Crippen molar-refractivity contribution in [2.45, 2.75) is 12.0 Å². The number of benzene rings is 1. The normalized spacial score (nSPS) is 14.5. The van der Waals surface area contributed by atoms with E-state index in [1.54, 1.807) is 12.3 Å². The lowest BCUT2D eigenvalue weighted by Gasteiger charge is -2.21. The number of aliphatic hydroxyl groups is 1. The molecule has 0 bridgehead atoms. The Morgan fingerprint density at radius 3 is 2.47 bits per heavy atom. The van der Waals surface area contributed by atoms with Crippen LogP contribution in [0.5, 0.6) is 0 Å². The minimum Gasteiger partial charge on any atom is -0.457 e. The van der Waals surface area contributed by atoms with Crippen LogP contribution in [0, 0.1) is 0 Å². The minimum absolute atomic E-state index is 0.134. The van der Waals surface area contributed by atoms with Gasteiger partial charge in [-0.25, -0.2) is 0 Å². The summed E-state index contributed by atoms with van der Waals surface area (Å²) in [6.07, 6.45) is 0.872. The molecule has 1 aromatic carbocycles. The largest absolute Gasteiger partial charge is 0.457 e. The summed E-state index contributed by atoms with van der Waals surface area (Å²) in [4.78, 5) is 0. The molecular weight excluding hydrogens is 282 g/mol. The highest BCUT2D eigenvalue weighted by molar-refractivity contribution is 9.10. The first-order valence-corrected chi connectivity index (χ1v) is 6.19. The van der Waals surface area contributed by atoms with E-state index in [1.807, 2.05) is 30.3 Å². The Bertz CT molecular complexity index is 469. The van der Waals surface area contributed by atoms with Crippen LogP contribution in [0.25, 0.3) is 0 Å². The smallest absolute Gasteiger partial charge is 0.174 e. The molecule has 0 amide bonds. The first-order valence-electron chi connectivity index (χ1n) is 5.40. The van der Waals surface area contributed by atoms with Crippen LogP contribution >= 0.6 is 15.9 Å². The van der Waals surface area contributed by atoms with Gasteiger partial charge in [0.2, 0.25) is 0 Å². The molecule has 1 aromatic heterocycles. The molecule has 0 aliphatic heterocycles. The maximum absolute atomic E-state index is 10.3. The molecule has 2 rings (SSSR count). The van der Waals surface area contributed by atoms with E-state index in [0.717, 1.165) is 11.1 Å². The fourth-order valence-corrected chi connectivity index (χ4v) is 2.35. The zero-order valence-electron chi connectivity index (χ0n) is 9.21. The first kappa shape index (κ1) is 12.4. The van der Waals surface area contributed by atoms with Gasteiger partial charge in [-0.1, -0.05) is 30.3 Å². The molecule has 0 radical (unpaired) electrons. The lowest BCUT2D eigenvalue weighted by molar-refractivity contribution is 0.145. The maximum atomic E-state index is 10.3. The molecule has 0 aliphatic rings. The van der Waals surface area contributed by atoms with Crippen LogP contribution in [0.2, 0.25) is 0 Å². The zero-order valence-corrected chi connectivity index (χ0v) is 10.8. The molecular formula is C13H14BrNO2. The van der Waals surface area contributed by atoms with Crippen LogP contribution in [0.15, 0.2) is 51.7 Å². The van der Waals surface area contributed by atoms with Gasteiger partial charge in [0.15, 0.2) is 4.67 Å². The summed E-state index contributed by atoms with van der Waals surface area (Å²) in [6, 6.07) is 11.5. The van der Waals surface area contributed by atoms with Crippen LogP contribution in [0.1, 0.15) is 23.1 Å². The number of hydrogen-bond acceptors (Lipinski definition) is 3. The summed E-state index contributed by atoms with van der Waals surface area (Å²) < 4.78 is 5.69. The van der Waals surface area contributed by atoms with Gasteiger partial charge in [0.05, 0.1) is 12.4 Å². The molecule has 90 valence electrons. The molecule has 0 fully saturated rings.